The molecule has 1 aliphatic carbocycles. The molecule has 0 saturated heterocycles. The highest BCUT2D eigenvalue weighted by molar-refractivity contribution is 7.16. The largest absolute Gasteiger partial charge is 0.481 e. The number of esters is 1. The standard InChI is InChI=1S/C24H28N2O3S/c1-5-28-22(27)15-29-20-9-7-6-8-16(20)14-26-23-19(13-25)18-11-10-17(24(2,3)4)12-21(18)30-23/h6-9,14,17H,5,10-12,15H2,1-4H3/t17-/m1/s1. The van der Waals surface area contributed by atoms with Crippen LogP contribution in [-0.2, 0) is 22.4 Å². The highest BCUT2D eigenvalue weighted by atomic mass is 32.1. The van der Waals surface area contributed by atoms with Gasteiger partial charge in [-0.1, -0.05) is 32.9 Å². The summed E-state index contributed by atoms with van der Waals surface area (Å²) < 4.78 is 10.5. The summed E-state index contributed by atoms with van der Waals surface area (Å²) in [5, 5.41) is 10.5. The second-order valence-corrected chi connectivity index (χ2v) is 9.57. The van der Waals surface area contributed by atoms with Gasteiger partial charge >= 0.3 is 5.97 Å². The van der Waals surface area contributed by atoms with Gasteiger partial charge in [0.2, 0.25) is 0 Å². The van der Waals surface area contributed by atoms with Crippen molar-refractivity contribution >= 4 is 28.5 Å². The molecule has 0 amide bonds. The number of carbonyl (C=O) groups is 1. The van der Waals surface area contributed by atoms with Crippen LogP contribution >= 0.6 is 11.3 Å². The number of benzene rings is 1. The van der Waals surface area contributed by atoms with Crippen LogP contribution in [0.3, 0.4) is 0 Å². The Balaban J connectivity index is 1.82. The van der Waals surface area contributed by atoms with E-state index in [1.165, 1.54) is 10.4 Å². The molecule has 1 heterocycles. The zero-order valence-electron chi connectivity index (χ0n) is 18.0. The molecule has 1 aliphatic rings. The van der Waals surface area contributed by atoms with Crippen LogP contribution in [0, 0.1) is 22.7 Å². The Morgan fingerprint density at radius 1 is 1.37 bits per heavy atom. The van der Waals surface area contributed by atoms with Crippen LogP contribution in [0.15, 0.2) is 29.3 Å². The molecular formula is C24H28N2O3S. The summed E-state index contributed by atoms with van der Waals surface area (Å²) in [6.07, 6.45) is 4.76. The number of nitrogens with zero attached hydrogens (tertiary/aromatic N) is 2. The Morgan fingerprint density at radius 2 is 2.13 bits per heavy atom. The number of hydrogen-bond donors (Lipinski definition) is 0. The minimum atomic E-state index is -0.407. The maximum Gasteiger partial charge on any atom is 0.344 e. The fourth-order valence-electron chi connectivity index (χ4n) is 3.70. The molecule has 0 saturated carbocycles. The van der Waals surface area contributed by atoms with Crippen LogP contribution < -0.4 is 4.74 Å². The lowest BCUT2D eigenvalue weighted by Crippen LogP contribution is -2.26. The molecule has 30 heavy (non-hydrogen) atoms. The third kappa shape index (κ3) is 5.09. The molecule has 158 valence electrons. The second-order valence-electron chi connectivity index (χ2n) is 8.49. The van der Waals surface area contributed by atoms with Gasteiger partial charge in [-0.25, -0.2) is 9.79 Å². The highest BCUT2D eigenvalue weighted by Gasteiger charge is 2.32. The van der Waals surface area contributed by atoms with Crippen molar-refractivity contribution in [3.63, 3.8) is 0 Å². The molecule has 0 spiro atoms. The summed E-state index contributed by atoms with van der Waals surface area (Å²) in [5.41, 5.74) is 2.88. The monoisotopic (exact) mass is 424 g/mol. The van der Waals surface area contributed by atoms with E-state index < -0.39 is 5.97 Å². The molecule has 6 heteroatoms. The van der Waals surface area contributed by atoms with Crippen LogP contribution in [0.25, 0.3) is 0 Å². The minimum Gasteiger partial charge on any atom is -0.481 e. The molecule has 0 aliphatic heterocycles. The third-order valence-corrected chi connectivity index (χ3v) is 6.64. The van der Waals surface area contributed by atoms with E-state index >= 15 is 0 Å². The van der Waals surface area contributed by atoms with Gasteiger partial charge in [-0.2, -0.15) is 5.26 Å². The highest BCUT2D eigenvalue weighted by Crippen LogP contribution is 2.44. The molecule has 0 N–H and O–H groups in total. The molecule has 0 fully saturated rings. The summed E-state index contributed by atoms with van der Waals surface area (Å²) in [4.78, 5) is 17.5. The summed E-state index contributed by atoms with van der Waals surface area (Å²) in [5.74, 6) is 0.765. The Bertz CT molecular complexity index is 979. The second kappa shape index (κ2) is 9.44. The quantitative estimate of drug-likeness (QED) is 0.456. The molecule has 1 aromatic heterocycles. The van der Waals surface area contributed by atoms with Gasteiger partial charge in [0.25, 0.3) is 0 Å². The van der Waals surface area contributed by atoms with Gasteiger partial charge in [-0.15, -0.1) is 11.3 Å². The predicted octanol–water partition coefficient (Wildman–Crippen LogP) is 5.46. The van der Waals surface area contributed by atoms with Gasteiger partial charge < -0.3 is 9.47 Å². The molecule has 5 nitrogen and oxygen atoms in total. The van der Waals surface area contributed by atoms with E-state index in [4.69, 9.17) is 9.47 Å². The molecule has 0 bridgehead atoms. The normalized spacial score (nSPS) is 16.2. The van der Waals surface area contributed by atoms with Crippen molar-refractivity contribution in [3.05, 3.63) is 45.8 Å². The number of aliphatic imine (C=N–C) groups is 1. The van der Waals surface area contributed by atoms with Gasteiger partial charge in [0.15, 0.2) is 6.61 Å². The number of thiophene rings is 1. The third-order valence-electron chi connectivity index (χ3n) is 5.47. The first-order valence-corrected chi connectivity index (χ1v) is 11.1. The predicted molar refractivity (Wildman–Crippen MR) is 120 cm³/mol. The maximum absolute atomic E-state index is 11.6. The van der Waals surface area contributed by atoms with Crippen molar-refractivity contribution in [1.82, 2.24) is 0 Å². The van der Waals surface area contributed by atoms with Crippen LogP contribution in [0.4, 0.5) is 5.00 Å². The minimum absolute atomic E-state index is 0.149. The zero-order valence-corrected chi connectivity index (χ0v) is 18.8. The van der Waals surface area contributed by atoms with Crippen molar-refractivity contribution < 1.29 is 14.3 Å². The van der Waals surface area contributed by atoms with Crippen molar-refractivity contribution in [1.29, 1.82) is 5.26 Å². The average Bonchev–Trinajstić information content (AvgIpc) is 3.07. The fraction of sp³-hybridized carbons (Fsp3) is 0.458. The maximum atomic E-state index is 11.6. The van der Waals surface area contributed by atoms with Crippen molar-refractivity contribution in [2.45, 2.75) is 47.0 Å². The van der Waals surface area contributed by atoms with Crippen LogP contribution in [0.5, 0.6) is 5.75 Å². The fourth-order valence-corrected chi connectivity index (χ4v) is 4.92. The first kappa shape index (κ1) is 22.0. The van der Waals surface area contributed by atoms with Gasteiger partial charge in [-0.05, 0) is 55.2 Å². The van der Waals surface area contributed by atoms with Gasteiger partial charge in [-0.3, -0.25) is 0 Å². The summed E-state index contributed by atoms with van der Waals surface area (Å²) in [6, 6.07) is 9.76. The first-order chi connectivity index (χ1) is 14.3. The molecular weight excluding hydrogens is 396 g/mol. The van der Waals surface area contributed by atoms with E-state index in [0.29, 0.717) is 23.8 Å². The molecule has 1 aromatic carbocycles. The molecule has 3 rings (SSSR count). The summed E-state index contributed by atoms with van der Waals surface area (Å²) >= 11 is 1.62. The van der Waals surface area contributed by atoms with E-state index in [-0.39, 0.29) is 12.0 Å². The van der Waals surface area contributed by atoms with Crippen molar-refractivity contribution in [3.8, 4) is 11.8 Å². The van der Waals surface area contributed by atoms with Crippen LogP contribution in [-0.4, -0.2) is 25.4 Å². The Labute approximate surface area is 182 Å². The Hall–Kier alpha value is -2.65. The van der Waals surface area contributed by atoms with E-state index in [9.17, 15) is 10.1 Å². The van der Waals surface area contributed by atoms with E-state index in [0.717, 1.165) is 29.8 Å². The van der Waals surface area contributed by atoms with Gasteiger partial charge in [0.1, 0.15) is 16.8 Å². The summed E-state index contributed by atoms with van der Waals surface area (Å²) in [7, 11) is 0. The van der Waals surface area contributed by atoms with Crippen molar-refractivity contribution in [2.75, 3.05) is 13.2 Å². The number of hydrogen-bond acceptors (Lipinski definition) is 6. The number of nitriles is 1. The average molecular weight is 425 g/mol. The molecule has 0 radical (unpaired) electrons. The van der Waals surface area contributed by atoms with E-state index in [1.54, 1.807) is 30.5 Å². The van der Waals surface area contributed by atoms with Crippen LogP contribution in [0.2, 0.25) is 0 Å². The number of para-hydroxylation sites is 1. The SMILES string of the molecule is CCOC(=O)COc1ccccc1C=Nc1sc2c(c1C#N)CC[C@@H](C(C)(C)C)C2. The number of fused-ring (bicyclic) bond motifs is 1. The Morgan fingerprint density at radius 3 is 2.83 bits per heavy atom. The van der Waals surface area contributed by atoms with E-state index in [2.05, 4.69) is 31.8 Å². The lowest BCUT2D eigenvalue weighted by atomic mass is 9.72. The molecule has 0 unspecified atom stereocenters. The van der Waals surface area contributed by atoms with Crippen molar-refractivity contribution in [2.24, 2.45) is 16.3 Å². The summed E-state index contributed by atoms with van der Waals surface area (Å²) in [6.45, 7) is 8.79. The number of ether oxygens (including phenoxy) is 2. The molecule has 1 atom stereocenters. The van der Waals surface area contributed by atoms with Gasteiger partial charge in [0.05, 0.1) is 12.2 Å². The van der Waals surface area contributed by atoms with E-state index in [1.807, 2.05) is 18.2 Å². The lowest BCUT2D eigenvalue weighted by molar-refractivity contribution is -0.145. The smallest absolute Gasteiger partial charge is 0.344 e. The Kier molecular flexibility index (Phi) is 6.94. The topological polar surface area (TPSA) is 71.7 Å². The number of rotatable bonds is 6. The lowest BCUT2D eigenvalue weighted by Gasteiger charge is -2.33. The number of carbonyl (C=O) groups excluding carboxylic acids is 1. The molecule has 2 aromatic rings. The first-order valence-electron chi connectivity index (χ1n) is 10.3. The van der Waals surface area contributed by atoms with Gasteiger partial charge in [0, 0.05) is 16.7 Å². The zero-order chi connectivity index (χ0) is 21.7. The van der Waals surface area contributed by atoms with Crippen LogP contribution in [0.1, 0.15) is 55.7 Å².